The number of aromatic nitrogens is 1. The van der Waals surface area contributed by atoms with Crippen LogP contribution in [-0.4, -0.2) is 4.57 Å². The fourth-order valence-corrected chi connectivity index (χ4v) is 8.81. The zero-order chi connectivity index (χ0) is 38.4. The molecule has 0 saturated heterocycles. The predicted molar refractivity (Wildman–Crippen MR) is 247 cm³/mol. The molecular weight excluding hydrogens is 701 g/mol. The summed E-state index contributed by atoms with van der Waals surface area (Å²) in [5.74, 6) is 0. The van der Waals surface area contributed by atoms with Gasteiger partial charge in [0.2, 0.25) is 0 Å². The van der Waals surface area contributed by atoms with Crippen LogP contribution >= 0.6 is 0 Å². The molecule has 2 nitrogen and oxygen atoms in total. The molecule has 0 bridgehead atoms. The largest absolute Gasteiger partial charge is 0.310 e. The zero-order valence-electron chi connectivity index (χ0n) is 31.8. The normalized spacial score (nSPS) is 11.4. The Hall–Kier alpha value is -7.68. The number of nitrogens with zero attached hydrogens (tertiary/aromatic N) is 2. The van der Waals surface area contributed by atoms with Gasteiger partial charge in [-0.05, 0) is 80.9 Å². The first-order valence-corrected chi connectivity index (χ1v) is 19.9. The lowest BCUT2D eigenvalue weighted by Gasteiger charge is -2.29. The first kappa shape index (κ1) is 33.6. The molecule has 11 aromatic rings. The van der Waals surface area contributed by atoms with Gasteiger partial charge < -0.3 is 9.47 Å². The van der Waals surface area contributed by atoms with Crippen LogP contribution in [0.25, 0.3) is 82.4 Å². The van der Waals surface area contributed by atoms with Crippen LogP contribution in [0.3, 0.4) is 0 Å². The fraction of sp³-hybridized carbons (Fsp3) is 0. The minimum Gasteiger partial charge on any atom is -0.310 e. The molecule has 0 N–H and O–H groups in total. The average molecular weight is 739 g/mol. The molecule has 0 amide bonds. The molecule has 0 atom stereocenters. The van der Waals surface area contributed by atoms with Gasteiger partial charge in [0.05, 0.1) is 22.4 Å². The van der Waals surface area contributed by atoms with Crippen molar-refractivity contribution in [2.75, 3.05) is 4.90 Å². The van der Waals surface area contributed by atoms with Crippen LogP contribution in [0.5, 0.6) is 0 Å². The smallest absolute Gasteiger partial charge is 0.0618 e. The number of anilines is 3. The van der Waals surface area contributed by atoms with Crippen molar-refractivity contribution in [3.05, 3.63) is 231 Å². The van der Waals surface area contributed by atoms with E-state index in [4.69, 9.17) is 0 Å². The van der Waals surface area contributed by atoms with Crippen LogP contribution in [0.2, 0.25) is 0 Å². The molecule has 0 aliphatic carbocycles. The van der Waals surface area contributed by atoms with E-state index in [9.17, 15) is 0 Å². The number of para-hydroxylation sites is 1. The highest BCUT2D eigenvalue weighted by atomic mass is 15.1. The van der Waals surface area contributed by atoms with Gasteiger partial charge in [-0.2, -0.15) is 0 Å². The van der Waals surface area contributed by atoms with E-state index >= 15 is 0 Å². The lowest BCUT2D eigenvalue weighted by atomic mass is 9.97. The molecule has 1 aromatic heterocycles. The molecule has 0 spiro atoms. The Morgan fingerprint density at radius 3 is 1.52 bits per heavy atom. The van der Waals surface area contributed by atoms with E-state index < -0.39 is 0 Å². The number of fused-ring (bicyclic) bond motifs is 5. The fourth-order valence-electron chi connectivity index (χ4n) is 8.81. The predicted octanol–water partition coefficient (Wildman–Crippen LogP) is 15.6. The van der Waals surface area contributed by atoms with Crippen molar-refractivity contribution in [2.24, 2.45) is 0 Å². The summed E-state index contributed by atoms with van der Waals surface area (Å²) < 4.78 is 2.51. The van der Waals surface area contributed by atoms with Crippen molar-refractivity contribution < 1.29 is 0 Å². The minimum absolute atomic E-state index is 1.08. The van der Waals surface area contributed by atoms with Gasteiger partial charge in [-0.15, -0.1) is 0 Å². The molecule has 0 aliphatic rings. The average Bonchev–Trinajstić information content (AvgIpc) is 3.63. The molecule has 1 heterocycles. The van der Waals surface area contributed by atoms with Crippen LogP contribution in [0.1, 0.15) is 0 Å². The van der Waals surface area contributed by atoms with E-state index in [1.807, 2.05) is 0 Å². The van der Waals surface area contributed by atoms with Gasteiger partial charge in [-0.3, -0.25) is 0 Å². The summed E-state index contributed by atoms with van der Waals surface area (Å²) >= 11 is 0. The third-order valence-corrected chi connectivity index (χ3v) is 11.5. The van der Waals surface area contributed by atoms with E-state index in [-0.39, 0.29) is 0 Å². The summed E-state index contributed by atoms with van der Waals surface area (Å²) in [7, 11) is 0. The summed E-state index contributed by atoms with van der Waals surface area (Å²) in [6.07, 6.45) is 0. The van der Waals surface area contributed by atoms with Gasteiger partial charge in [0, 0.05) is 38.7 Å². The molecule has 0 saturated carbocycles. The number of hydrogen-bond acceptors (Lipinski definition) is 1. The SMILES string of the molecule is c1ccc(-c2ccc(N(c3ccc4c5ccccc5n(-c5c(-c6ccccc6)ccc6ccccc56)c4c3)c3cc4ccccc4cc3-c3ccccc3)cc2)cc1. The summed E-state index contributed by atoms with van der Waals surface area (Å²) in [5, 5.41) is 7.28. The summed E-state index contributed by atoms with van der Waals surface area (Å²) in [5.41, 5.74) is 13.9. The topological polar surface area (TPSA) is 8.17 Å². The first-order chi connectivity index (χ1) is 28.8. The van der Waals surface area contributed by atoms with Crippen LogP contribution in [-0.2, 0) is 0 Å². The second-order valence-corrected chi connectivity index (χ2v) is 14.9. The highest BCUT2D eigenvalue weighted by Gasteiger charge is 2.23. The lowest BCUT2D eigenvalue weighted by molar-refractivity contribution is 1.19. The Bertz CT molecular complexity index is 3250. The Kier molecular flexibility index (Phi) is 8.19. The monoisotopic (exact) mass is 738 g/mol. The first-order valence-electron chi connectivity index (χ1n) is 19.9. The summed E-state index contributed by atoms with van der Waals surface area (Å²) in [6.45, 7) is 0. The molecule has 0 aliphatic heterocycles. The molecular formula is C56H38N2. The van der Waals surface area contributed by atoms with Crippen LogP contribution in [0.15, 0.2) is 231 Å². The van der Waals surface area contributed by atoms with E-state index in [2.05, 4.69) is 240 Å². The molecule has 0 fully saturated rings. The van der Waals surface area contributed by atoms with Gasteiger partial charge in [-0.25, -0.2) is 0 Å². The molecule has 58 heavy (non-hydrogen) atoms. The van der Waals surface area contributed by atoms with Crippen LogP contribution < -0.4 is 4.90 Å². The van der Waals surface area contributed by atoms with E-state index in [1.165, 1.54) is 76.9 Å². The van der Waals surface area contributed by atoms with Gasteiger partial charge in [0.15, 0.2) is 0 Å². The molecule has 10 aromatic carbocycles. The van der Waals surface area contributed by atoms with Gasteiger partial charge in [0.1, 0.15) is 0 Å². The van der Waals surface area contributed by atoms with Crippen molar-refractivity contribution in [3.63, 3.8) is 0 Å². The molecule has 0 radical (unpaired) electrons. The van der Waals surface area contributed by atoms with E-state index in [0.29, 0.717) is 0 Å². The number of rotatable bonds is 7. The van der Waals surface area contributed by atoms with E-state index in [0.717, 1.165) is 22.6 Å². The zero-order valence-corrected chi connectivity index (χ0v) is 31.8. The quantitative estimate of drug-likeness (QED) is 0.158. The maximum atomic E-state index is 2.51. The third kappa shape index (κ3) is 5.74. The van der Waals surface area contributed by atoms with Gasteiger partial charge in [-0.1, -0.05) is 188 Å². The number of hydrogen-bond donors (Lipinski definition) is 0. The molecule has 0 unspecified atom stereocenters. The minimum atomic E-state index is 1.08. The summed E-state index contributed by atoms with van der Waals surface area (Å²) in [6, 6.07) is 83.8. The maximum Gasteiger partial charge on any atom is 0.0618 e. The van der Waals surface area contributed by atoms with Crippen molar-refractivity contribution in [3.8, 4) is 39.1 Å². The second-order valence-electron chi connectivity index (χ2n) is 14.9. The number of benzene rings is 10. The van der Waals surface area contributed by atoms with Crippen molar-refractivity contribution >= 4 is 60.4 Å². The Balaban J connectivity index is 1.22. The Morgan fingerprint density at radius 1 is 0.293 bits per heavy atom. The van der Waals surface area contributed by atoms with Gasteiger partial charge >= 0.3 is 0 Å². The summed E-state index contributed by atoms with van der Waals surface area (Å²) in [4.78, 5) is 2.45. The van der Waals surface area contributed by atoms with Crippen molar-refractivity contribution in [2.45, 2.75) is 0 Å². The molecule has 11 rings (SSSR count). The second kappa shape index (κ2) is 14.1. The van der Waals surface area contributed by atoms with Crippen LogP contribution in [0.4, 0.5) is 17.1 Å². The Morgan fingerprint density at radius 2 is 0.810 bits per heavy atom. The maximum absolute atomic E-state index is 2.51. The standard InChI is InChI=1S/C56H38N2/c1-4-16-39(17-5-1)40-28-31-46(32-29-40)57(54-37-45-24-11-10-23-44(45)36-52(54)42-20-8-3-9-21-42)47-33-35-51-50-26-14-15-27-53(50)58(55(51)38-47)56-48-25-13-12-22-43(48)30-34-49(56)41-18-6-2-7-19-41/h1-38H. The van der Waals surface area contributed by atoms with Crippen molar-refractivity contribution in [1.82, 2.24) is 4.57 Å². The van der Waals surface area contributed by atoms with Gasteiger partial charge in [0.25, 0.3) is 0 Å². The van der Waals surface area contributed by atoms with Crippen molar-refractivity contribution in [1.29, 1.82) is 0 Å². The highest BCUT2D eigenvalue weighted by molar-refractivity contribution is 6.13. The Labute approximate surface area is 338 Å². The van der Waals surface area contributed by atoms with E-state index in [1.54, 1.807) is 0 Å². The molecule has 2 heteroatoms. The third-order valence-electron chi connectivity index (χ3n) is 11.5. The lowest BCUT2D eigenvalue weighted by Crippen LogP contribution is -2.11. The van der Waals surface area contributed by atoms with Crippen LogP contribution in [0, 0.1) is 0 Å². The molecule has 272 valence electrons. The highest BCUT2D eigenvalue weighted by Crippen LogP contribution is 2.46.